The third-order valence-corrected chi connectivity index (χ3v) is 3.01. The maximum Gasteiger partial charge on any atom is 0.137 e. The zero-order chi connectivity index (χ0) is 10.8. The van der Waals surface area contributed by atoms with E-state index in [9.17, 15) is 5.21 Å². The average Bonchev–Trinajstić information content (AvgIpc) is 2.92. The fourth-order valence-electron chi connectivity index (χ4n) is 1.92. The van der Waals surface area contributed by atoms with Gasteiger partial charge in [-0.3, -0.25) is 0 Å². The van der Waals surface area contributed by atoms with Gasteiger partial charge in [-0.2, -0.15) is 10.4 Å². The van der Waals surface area contributed by atoms with E-state index in [1.807, 2.05) is 13.8 Å². The van der Waals surface area contributed by atoms with Gasteiger partial charge in [-0.1, -0.05) is 31.3 Å². The molecule has 2 unspecified atom stereocenters. The van der Waals surface area contributed by atoms with Crippen LogP contribution in [0.25, 0.3) is 0 Å². The lowest BCUT2D eigenvalue weighted by Crippen LogP contribution is -3.02. The van der Waals surface area contributed by atoms with Crippen LogP contribution in [-0.4, -0.2) is 5.60 Å². The Morgan fingerprint density at radius 2 is 2.21 bits per heavy atom. The molecule has 1 rings (SSSR count). The standard InChI is InChI=1S/C9H17N3O2/c1-4-9(5-2,8-6-7(8)3)14-12(13)11-10/h8,10,12H,3-6H2,1-2H3. The van der Waals surface area contributed by atoms with Crippen molar-refractivity contribution in [2.45, 2.75) is 38.7 Å². The molecule has 0 spiro atoms. The Morgan fingerprint density at radius 1 is 1.71 bits per heavy atom. The van der Waals surface area contributed by atoms with Crippen molar-refractivity contribution in [3.05, 3.63) is 17.4 Å². The molecule has 80 valence electrons. The summed E-state index contributed by atoms with van der Waals surface area (Å²) in [5.74, 6) is 0.267. The highest BCUT2D eigenvalue weighted by atomic mass is 16.9. The SMILES string of the molecule is C=C1CC1C(CC)(CC)O[NH+]([O-])N=N. The van der Waals surface area contributed by atoms with Crippen molar-refractivity contribution in [1.82, 2.24) is 0 Å². The predicted molar refractivity (Wildman–Crippen MR) is 51.1 cm³/mol. The van der Waals surface area contributed by atoms with Crippen molar-refractivity contribution in [3.8, 4) is 0 Å². The molecule has 2 N–H and O–H groups in total. The molecule has 0 bridgehead atoms. The fraction of sp³-hybridized carbons (Fsp3) is 0.778. The molecule has 0 aliphatic heterocycles. The van der Waals surface area contributed by atoms with Crippen molar-refractivity contribution in [3.63, 3.8) is 0 Å². The lowest BCUT2D eigenvalue weighted by atomic mass is 9.91. The summed E-state index contributed by atoms with van der Waals surface area (Å²) in [5, 5.41) is 12.9. The maximum absolute atomic E-state index is 11.0. The van der Waals surface area contributed by atoms with Crippen LogP contribution in [0, 0.1) is 16.7 Å². The maximum atomic E-state index is 11.0. The quantitative estimate of drug-likeness (QED) is 0.385. The van der Waals surface area contributed by atoms with E-state index in [-0.39, 0.29) is 5.92 Å². The van der Waals surface area contributed by atoms with Crippen LogP contribution in [0.2, 0.25) is 0 Å². The summed E-state index contributed by atoms with van der Waals surface area (Å²) >= 11 is 0. The second-order valence-electron chi connectivity index (χ2n) is 3.67. The normalized spacial score (nSPS) is 23.4. The van der Waals surface area contributed by atoms with E-state index in [4.69, 9.17) is 10.4 Å². The lowest BCUT2D eigenvalue weighted by Gasteiger charge is -2.31. The van der Waals surface area contributed by atoms with Gasteiger partial charge in [0.2, 0.25) is 0 Å². The molecule has 0 radical (unpaired) electrons. The number of hydrogen-bond acceptors (Lipinski definition) is 4. The Balaban J connectivity index is 2.70. The van der Waals surface area contributed by atoms with E-state index in [1.165, 1.54) is 0 Å². The van der Waals surface area contributed by atoms with Crippen LogP contribution < -0.4 is 5.34 Å². The summed E-state index contributed by atoms with van der Waals surface area (Å²) in [4.78, 5) is 5.23. The predicted octanol–water partition coefficient (Wildman–Crippen LogP) is 1.38. The van der Waals surface area contributed by atoms with Gasteiger partial charge in [0.25, 0.3) is 0 Å². The number of hydrogen-bond donors (Lipinski definition) is 2. The van der Waals surface area contributed by atoms with E-state index >= 15 is 0 Å². The highest BCUT2D eigenvalue weighted by Gasteiger charge is 2.49. The first-order chi connectivity index (χ1) is 6.59. The summed E-state index contributed by atoms with van der Waals surface area (Å²) in [6.45, 7) is 7.83. The Bertz CT molecular complexity index is 238. The molecule has 1 fully saturated rings. The molecule has 2 atom stereocenters. The summed E-state index contributed by atoms with van der Waals surface area (Å²) in [7, 11) is 0. The van der Waals surface area contributed by atoms with Gasteiger partial charge in [0.1, 0.15) is 5.60 Å². The molecule has 1 saturated carbocycles. The smallest absolute Gasteiger partial charge is 0.137 e. The van der Waals surface area contributed by atoms with E-state index in [1.54, 1.807) is 0 Å². The number of nitrogens with one attached hydrogen (secondary N) is 2. The zero-order valence-corrected chi connectivity index (χ0v) is 8.67. The summed E-state index contributed by atoms with van der Waals surface area (Å²) in [5.41, 5.74) is 7.24. The second-order valence-corrected chi connectivity index (χ2v) is 3.67. The van der Waals surface area contributed by atoms with Crippen molar-refractivity contribution >= 4 is 0 Å². The van der Waals surface area contributed by atoms with Crippen molar-refractivity contribution in [2.75, 3.05) is 0 Å². The molecule has 5 heteroatoms. The summed E-state index contributed by atoms with van der Waals surface area (Å²) in [6.07, 6.45) is 2.41. The number of quaternary nitrogens is 1. The first-order valence-corrected chi connectivity index (χ1v) is 4.87. The van der Waals surface area contributed by atoms with Gasteiger partial charge in [-0.25, -0.2) is 0 Å². The van der Waals surface area contributed by atoms with Crippen LogP contribution in [0.15, 0.2) is 17.4 Å². The molecular weight excluding hydrogens is 182 g/mol. The van der Waals surface area contributed by atoms with Crippen molar-refractivity contribution in [2.24, 2.45) is 11.1 Å². The Labute approximate surface area is 83.7 Å². The van der Waals surface area contributed by atoms with E-state index < -0.39 is 10.9 Å². The van der Waals surface area contributed by atoms with Gasteiger partial charge in [-0.15, -0.1) is 0 Å². The monoisotopic (exact) mass is 199 g/mol. The molecule has 1 aliphatic rings. The molecule has 0 saturated heterocycles. The molecule has 0 aromatic carbocycles. The van der Waals surface area contributed by atoms with Crippen molar-refractivity contribution < 1.29 is 10.2 Å². The minimum absolute atomic E-state index is 0.267. The summed E-state index contributed by atoms with van der Waals surface area (Å²) < 4.78 is 0. The van der Waals surface area contributed by atoms with Crippen LogP contribution >= 0.6 is 0 Å². The first-order valence-electron chi connectivity index (χ1n) is 4.87. The first kappa shape index (κ1) is 11.3. The molecule has 0 heterocycles. The Morgan fingerprint density at radius 3 is 2.50 bits per heavy atom. The van der Waals surface area contributed by atoms with Gasteiger partial charge in [0, 0.05) is 5.92 Å². The Kier molecular flexibility index (Phi) is 3.36. The Hall–Kier alpha value is -0.780. The molecular formula is C9H17N3O2. The van der Waals surface area contributed by atoms with Gasteiger partial charge in [-0.05, 0) is 19.3 Å². The van der Waals surface area contributed by atoms with Crippen LogP contribution in [0.4, 0.5) is 0 Å². The third kappa shape index (κ3) is 2.00. The molecule has 0 aromatic heterocycles. The molecule has 1 aliphatic carbocycles. The van der Waals surface area contributed by atoms with E-state index in [0.29, 0.717) is 0 Å². The van der Waals surface area contributed by atoms with Gasteiger partial charge >= 0.3 is 0 Å². The topological polar surface area (TPSA) is 72.9 Å². The number of rotatable bonds is 6. The van der Waals surface area contributed by atoms with Crippen LogP contribution in [0.3, 0.4) is 0 Å². The largest absolute Gasteiger partial charge is 0.571 e. The minimum Gasteiger partial charge on any atom is -0.571 e. The van der Waals surface area contributed by atoms with Crippen LogP contribution in [0.5, 0.6) is 0 Å². The highest BCUT2D eigenvalue weighted by Crippen LogP contribution is 2.48. The van der Waals surface area contributed by atoms with Crippen molar-refractivity contribution in [1.29, 1.82) is 5.53 Å². The third-order valence-electron chi connectivity index (χ3n) is 3.01. The number of nitrogens with zero attached hydrogens (tertiary/aromatic N) is 1. The van der Waals surface area contributed by atoms with Crippen LogP contribution in [0.1, 0.15) is 33.1 Å². The van der Waals surface area contributed by atoms with E-state index in [0.717, 1.165) is 24.8 Å². The lowest BCUT2D eigenvalue weighted by molar-refractivity contribution is -1.08. The summed E-state index contributed by atoms with van der Waals surface area (Å²) in [6, 6.07) is 0. The fourth-order valence-corrected chi connectivity index (χ4v) is 1.92. The highest BCUT2D eigenvalue weighted by molar-refractivity contribution is 5.24. The molecule has 0 aromatic rings. The second kappa shape index (κ2) is 4.16. The van der Waals surface area contributed by atoms with Gasteiger partial charge in [0.05, 0.1) is 5.22 Å². The van der Waals surface area contributed by atoms with Crippen LogP contribution in [-0.2, 0) is 4.84 Å². The van der Waals surface area contributed by atoms with Gasteiger partial charge < -0.3 is 5.21 Å². The minimum atomic E-state index is -0.798. The molecule has 14 heavy (non-hydrogen) atoms. The molecule has 0 amide bonds. The van der Waals surface area contributed by atoms with E-state index in [2.05, 4.69) is 11.8 Å². The van der Waals surface area contributed by atoms with Gasteiger partial charge in [0.15, 0.2) is 0 Å². The molecule has 5 nitrogen and oxygen atoms in total. The zero-order valence-electron chi connectivity index (χ0n) is 8.67. The average molecular weight is 199 g/mol.